The lowest BCUT2D eigenvalue weighted by Crippen LogP contribution is -2.20. The maximum atomic E-state index is 10.3. The molecule has 0 aliphatic carbocycles. The third-order valence-corrected chi connectivity index (χ3v) is 0.923. The lowest BCUT2D eigenvalue weighted by Gasteiger charge is -1.98. The van der Waals surface area contributed by atoms with Gasteiger partial charge >= 0.3 is 19.3 Å². The Kier molecular flexibility index (Phi) is 2.27. The van der Waals surface area contributed by atoms with Crippen LogP contribution in [0, 0.1) is 0 Å². The molecular formula is C5H5BO5. The summed E-state index contributed by atoms with van der Waals surface area (Å²) in [6.45, 7) is 3.51. The smallest absolute Gasteiger partial charge is 0.465 e. The number of rotatable bonds is 3. The Morgan fingerprint density at radius 1 is 1.45 bits per heavy atom. The van der Waals surface area contributed by atoms with E-state index >= 15 is 0 Å². The van der Waals surface area contributed by atoms with Crippen molar-refractivity contribution in [3.8, 4) is 0 Å². The second kappa shape index (κ2) is 3.20. The number of carbonyl (C=O) groups excluding carboxylic acids is 2. The topological polar surface area (TPSA) is 61.8 Å². The van der Waals surface area contributed by atoms with Crippen LogP contribution in [0.5, 0.6) is 0 Å². The molecular weight excluding hydrogens is 151 g/mol. The normalized spacial score (nSPS) is 16.2. The molecule has 1 fully saturated rings. The van der Waals surface area contributed by atoms with E-state index in [0.717, 1.165) is 0 Å². The van der Waals surface area contributed by atoms with E-state index in [-0.39, 0.29) is 6.61 Å². The van der Waals surface area contributed by atoms with Crippen LogP contribution in [-0.4, -0.2) is 25.9 Å². The molecule has 11 heavy (non-hydrogen) atoms. The molecule has 0 spiro atoms. The number of carbonyl (C=O) groups is 2. The third-order valence-electron chi connectivity index (χ3n) is 0.923. The van der Waals surface area contributed by atoms with Gasteiger partial charge in [0, 0.05) is 0 Å². The van der Waals surface area contributed by atoms with E-state index in [4.69, 9.17) is 0 Å². The fourth-order valence-corrected chi connectivity index (χ4v) is 0.510. The van der Waals surface area contributed by atoms with Crippen molar-refractivity contribution in [3.63, 3.8) is 0 Å². The molecule has 5 nitrogen and oxygen atoms in total. The highest BCUT2D eigenvalue weighted by molar-refractivity contribution is 6.55. The lowest BCUT2D eigenvalue weighted by molar-refractivity contribution is -0.150. The Labute approximate surface area is 63.1 Å². The van der Waals surface area contributed by atoms with E-state index in [1.165, 1.54) is 6.08 Å². The molecule has 0 bridgehead atoms. The summed E-state index contributed by atoms with van der Waals surface area (Å²) >= 11 is 0. The van der Waals surface area contributed by atoms with Crippen LogP contribution in [0.15, 0.2) is 12.7 Å². The van der Waals surface area contributed by atoms with E-state index < -0.39 is 19.3 Å². The summed E-state index contributed by atoms with van der Waals surface area (Å²) in [4.78, 5) is 20.7. The van der Waals surface area contributed by atoms with Gasteiger partial charge in [0.05, 0.1) is 6.61 Å². The Morgan fingerprint density at radius 3 is 2.45 bits per heavy atom. The molecule has 0 amide bonds. The van der Waals surface area contributed by atoms with Crippen LogP contribution < -0.4 is 0 Å². The molecule has 58 valence electrons. The molecule has 0 unspecified atom stereocenters. The molecule has 0 aromatic carbocycles. The largest absolute Gasteiger partial charge is 0.792 e. The standard InChI is InChI=1S/C5H5BO5/c1-2-3-9-6-10-4(7)5(8)11-6/h2H,1,3H2. The summed E-state index contributed by atoms with van der Waals surface area (Å²) in [6, 6.07) is 0. The second-order valence-corrected chi connectivity index (χ2v) is 1.72. The fourth-order valence-electron chi connectivity index (χ4n) is 0.510. The van der Waals surface area contributed by atoms with Gasteiger partial charge < -0.3 is 14.0 Å². The maximum absolute atomic E-state index is 10.3. The van der Waals surface area contributed by atoms with Crippen LogP contribution in [0.25, 0.3) is 0 Å². The first kappa shape index (κ1) is 7.81. The summed E-state index contributed by atoms with van der Waals surface area (Å²) in [7, 11) is -1.20. The molecule has 0 aromatic heterocycles. The molecule has 1 heterocycles. The molecule has 1 saturated heterocycles. The van der Waals surface area contributed by atoms with Crippen LogP contribution in [0.4, 0.5) is 0 Å². The summed E-state index contributed by atoms with van der Waals surface area (Å²) < 4.78 is 13.3. The molecule has 1 rings (SSSR count). The van der Waals surface area contributed by atoms with Crippen LogP contribution >= 0.6 is 0 Å². The van der Waals surface area contributed by atoms with Crippen molar-refractivity contribution in [2.75, 3.05) is 6.61 Å². The van der Waals surface area contributed by atoms with Crippen LogP contribution in [0.2, 0.25) is 0 Å². The first-order valence-electron chi connectivity index (χ1n) is 2.88. The van der Waals surface area contributed by atoms with Gasteiger partial charge in [0.2, 0.25) is 0 Å². The minimum absolute atomic E-state index is 0.158. The highest BCUT2D eigenvalue weighted by atomic mass is 16.8. The maximum Gasteiger partial charge on any atom is 0.792 e. The van der Waals surface area contributed by atoms with Crippen LogP contribution in [-0.2, 0) is 23.6 Å². The van der Waals surface area contributed by atoms with Gasteiger partial charge in [-0.1, -0.05) is 6.08 Å². The molecule has 0 N–H and O–H groups in total. The van der Waals surface area contributed by atoms with Crippen molar-refractivity contribution in [2.24, 2.45) is 0 Å². The van der Waals surface area contributed by atoms with Crippen molar-refractivity contribution >= 4 is 19.3 Å². The molecule has 0 aromatic rings. The minimum atomic E-state index is -1.20. The van der Waals surface area contributed by atoms with Gasteiger partial charge in [-0.25, -0.2) is 9.59 Å². The van der Waals surface area contributed by atoms with Gasteiger partial charge in [0.15, 0.2) is 0 Å². The van der Waals surface area contributed by atoms with Crippen molar-refractivity contribution in [2.45, 2.75) is 0 Å². The number of hydrogen-bond donors (Lipinski definition) is 0. The predicted molar refractivity (Wildman–Crippen MR) is 34.1 cm³/mol. The molecule has 0 atom stereocenters. The van der Waals surface area contributed by atoms with Gasteiger partial charge in [-0.2, -0.15) is 0 Å². The van der Waals surface area contributed by atoms with E-state index in [1.807, 2.05) is 0 Å². The van der Waals surface area contributed by atoms with Crippen molar-refractivity contribution in [1.82, 2.24) is 0 Å². The minimum Gasteiger partial charge on any atom is -0.465 e. The zero-order valence-corrected chi connectivity index (χ0v) is 5.61. The highest BCUT2D eigenvalue weighted by Gasteiger charge is 2.43. The van der Waals surface area contributed by atoms with Gasteiger partial charge in [-0.15, -0.1) is 6.58 Å². The first-order chi connectivity index (χ1) is 5.24. The third kappa shape index (κ3) is 1.81. The van der Waals surface area contributed by atoms with Gasteiger partial charge in [0.25, 0.3) is 0 Å². The Morgan fingerprint density at radius 2 is 2.00 bits per heavy atom. The van der Waals surface area contributed by atoms with Crippen molar-refractivity contribution < 1.29 is 23.6 Å². The quantitative estimate of drug-likeness (QED) is 0.306. The van der Waals surface area contributed by atoms with E-state index in [2.05, 4.69) is 20.5 Å². The molecule has 1 aliphatic heterocycles. The van der Waals surface area contributed by atoms with E-state index in [1.54, 1.807) is 0 Å². The van der Waals surface area contributed by atoms with Gasteiger partial charge in [-0.05, 0) is 0 Å². The lowest BCUT2D eigenvalue weighted by atomic mass is 10.2. The fraction of sp³-hybridized carbons (Fsp3) is 0.200. The van der Waals surface area contributed by atoms with Crippen molar-refractivity contribution in [3.05, 3.63) is 12.7 Å². The van der Waals surface area contributed by atoms with Crippen molar-refractivity contribution in [1.29, 1.82) is 0 Å². The number of hydrogen-bond acceptors (Lipinski definition) is 5. The Balaban J connectivity index is 2.35. The first-order valence-corrected chi connectivity index (χ1v) is 2.88. The zero-order chi connectivity index (χ0) is 8.27. The molecule has 6 heteroatoms. The molecule has 1 aliphatic rings. The summed E-state index contributed by atoms with van der Waals surface area (Å²) in [5.74, 6) is -2.06. The Bertz CT molecular complexity index is 185. The van der Waals surface area contributed by atoms with E-state index in [0.29, 0.717) is 0 Å². The second-order valence-electron chi connectivity index (χ2n) is 1.72. The monoisotopic (exact) mass is 156 g/mol. The van der Waals surface area contributed by atoms with E-state index in [9.17, 15) is 9.59 Å². The SMILES string of the molecule is C=CCOB1OC(=O)C(=O)O1. The average molecular weight is 156 g/mol. The average Bonchev–Trinajstić information content (AvgIpc) is 2.28. The highest BCUT2D eigenvalue weighted by Crippen LogP contribution is 2.03. The summed E-state index contributed by atoms with van der Waals surface area (Å²) in [5, 5.41) is 0. The predicted octanol–water partition coefficient (Wildman–Crippen LogP) is -0.726. The van der Waals surface area contributed by atoms with Crippen LogP contribution in [0.1, 0.15) is 0 Å². The molecule has 0 saturated carbocycles. The summed E-state index contributed by atoms with van der Waals surface area (Å²) in [5.41, 5.74) is 0. The van der Waals surface area contributed by atoms with Crippen LogP contribution in [0.3, 0.4) is 0 Å². The Hall–Kier alpha value is -1.30. The zero-order valence-electron chi connectivity index (χ0n) is 5.61. The van der Waals surface area contributed by atoms with Gasteiger partial charge in [-0.3, -0.25) is 0 Å². The van der Waals surface area contributed by atoms with Gasteiger partial charge in [0.1, 0.15) is 0 Å². The molecule has 0 radical (unpaired) electrons. The summed E-state index contributed by atoms with van der Waals surface area (Å²) in [6.07, 6.45) is 1.44.